The third-order valence-electron chi connectivity index (χ3n) is 2.53. The van der Waals surface area contributed by atoms with Gasteiger partial charge in [-0.3, -0.25) is 4.79 Å². The van der Waals surface area contributed by atoms with E-state index in [0.29, 0.717) is 21.8 Å². The van der Waals surface area contributed by atoms with Crippen LogP contribution in [0.25, 0.3) is 0 Å². The van der Waals surface area contributed by atoms with Gasteiger partial charge in [-0.2, -0.15) is 5.10 Å². The molecule has 0 saturated carbocycles. The summed E-state index contributed by atoms with van der Waals surface area (Å²) < 4.78 is 0. The summed E-state index contributed by atoms with van der Waals surface area (Å²) in [4.78, 5) is 11.2. The van der Waals surface area contributed by atoms with Crippen LogP contribution in [0.2, 0.25) is 5.02 Å². The molecule has 0 saturated heterocycles. The van der Waals surface area contributed by atoms with E-state index in [9.17, 15) is 9.90 Å². The zero-order valence-corrected chi connectivity index (χ0v) is 9.90. The molecule has 0 aliphatic heterocycles. The Balaban J connectivity index is 2.51. The molecule has 17 heavy (non-hydrogen) atoms. The summed E-state index contributed by atoms with van der Waals surface area (Å²) in [5.74, 6) is 0. The number of benzene rings is 1. The lowest BCUT2D eigenvalue weighted by atomic mass is 10.0. The van der Waals surface area contributed by atoms with Gasteiger partial charge in [-0.05, 0) is 13.0 Å². The summed E-state index contributed by atoms with van der Waals surface area (Å²) in [6, 6.07) is 8.29. The summed E-state index contributed by atoms with van der Waals surface area (Å²) in [6.07, 6.45) is -0.946. The first-order valence-electron chi connectivity index (χ1n) is 5.08. The van der Waals surface area contributed by atoms with Crippen molar-refractivity contribution in [2.75, 3.05) is 0 Å². The Morgan fingerprint density at radius 1 is 1.35 bits per heavy atom. The highest BCUT2D eigenvalue weighted by molar-refractivity contribution is 6.31. The Hall–Kier alpha value is -1.65. The van der Waals surface area contributed by atoms with Crippen LogP contribution in [0, 0.1) is 6.92 Å². The van der Waals surface area contributed by atoms with Gasteiger partial charge in [0, 0.05) is 22.2 Å². The first kappa shape index (κ1) is 11.8. The second-order valence-electron chi connectivity index (χ2n) is 3.70. The van der Waals surface area contributed by atoms with Gasteiger partial charge in [0.25, 0.3) is 5.56 Å². The van der Waals surface area contributed by atoms with Crippen molar-refractivity contribution in [3.63, 3.8) is 0 Å². The molecule has 0 amide bonds. The molecule has 0 radical (unpaired) electrons. The number of aromatic amines is 1. The maximum atomic E-state index is 11.2. The van der Waals surface area contributed by atoms with Crippen LogP contribution in [0.1, 0.15) is 22.9 Å². The molecule has 88 valence electrons. The van der Waals surface area contributed by atoms with Crippen LogP contribution in [0.5, 0.6) is 0 Å². The molecule has 0 aliphatic carbocycles. The molecule has 1 unspecified atom stereocenters. The van der Waals surface area contributed by atoms with Crippen molar-refractivity contribution in [1.29, 1.82) is 0 Å². The molecule has 1 aromatic heterocycles. The highest BCUT2D eigenvalue weighted by Crippen LogP contribution is 2.28. The van der Waals surface area contributed by atoms with Crippen LogP contribution in [-0.2, 0) is 0 Å². The third-order valence-corrected chi connectivity index (χ3v) is 2.88. The SMILES string of the molecule is Cc1n[nH]c(=O)cc1C(O)c1ccccc1Cl. The molecule has 0 bridgehead atoms. The minimum atomic E-state index is -0.946. The molecule has 2 N–H and O–H groups in total. The second-order valence-corrected chi connectivity index (χ2v) is 4.10. The van der Waals surface area contributed by atoms with Crippen LogP contribution >= 0.6 is 11.6 Å². The second kappa shape index (κ2) is 4.69. The average molecular weight is 251 g/mol. The molecule has 5 heteroatoms. The van der Waals surface area contributed by atoms with Crippen molar-refractivity contribution in [2.24, 2.45) is 0 Å². The van der Waals surface area contributed by atoms with Gasteiger partial charge in [0.1, 0.15) is 6.10 Å². The number of H-pyrrole nitrogens is 1. The third kappa shape index (κ3) is 2.38. The van der Waals surface area contributed by atoms with Crippen LogP contribution in [0.3, 0.4) is 0 Å². The Bertz CT molecular complexity index is 595. The largest absolute Gasteiger partial charge is 0.384 e. The molecule has 0 spiro atoms. The fourth-order valence-corrected chi connectivity index (χ4v) is 1.86. The Morgan fingerprint density at radius 3 is 2.76 bits per heavy atom. The summed E-state index contributed by atoms with van der Waals surface area (Å²) >= 11 is 5.99. The molecular formula is C12H11ClN2O2. The molecular weight excluding hydrogens is 240 g/mol. The maximum absolute atomic E-state index is 11.2. The van der Waals surface area contributed by atoms with Crippen molar-refractivity contribution in [2.45, 2.75) is 13.0 Å². The van der Waals surface area contributed by atoms with E-state index in [2.05, 4.69) is 10.2 Å². The van der Waals surface area contributed by atoms with Crippen molar-refractivity contribution < 1.29 is 5.11 Å². The molecule has 2 aromatic rings. The van der Waals surface area contributed by atoms with Crippen molar-refractivity contribution >= 4 is 11.6 Å². The first-order chi connectivity index (χ1) is 8.09. The number of halogens is 1. The standard InChI is InChI=1S/C12H11ClN2O2/c1-7-9(6-11(16)15-14-7)12(17)8-4-2-3-5-10(8)13/h2-6,12,17H,1H3,(H,15,16). The maximum Gasteiger partial charge on any atom is 0.264 e. The number of aliphatic hydroxyl groups excluding tert-OH is 1. The number of aryl methyl sites for hydroxylation is 1. The number of aromatic nitrogens is 2. The van der Waals surface area contributed by atoms with E-state index in [-0.39, 0.29) is 5.56 Å². The molecule has 1 heterocycles. The predicted molar refractivity (Wildman–Crippen MR) is 65.1 cm³/mol. The lowest BCUT2D eigenvalue weighted by molar-refractivity contribution is 0.218. The van der Waals surface area contributed by atoms with Crippen LogP contribution in [0.15, 0.2) is 35.1 Å². The fourth-order valence-electron chi connectivity index (χ4n) is 1.62. The van der Waals surface area contributed by atoms with E-state index in [0.717, 1.165) is 0 Å². The Labute approximate surface area is 103 Å². The van der Waals surface area contributed by atoms with Crippen LogP contribution in [0.4, 0.5) is 0 Å². The quantitative estimate of drug-likeness (QED) is 0.854. The number of aliphatic hydroxyl groups is 1. The van der Waals surface area contributed by atoms with Gasteiger partial charge in [0.05, 0.1) is 5.69 Å². The number of rotatable bonds is 2. The number of nitrogens with zero attached hydrogens (tertiary/aromatic N) is 1. The van der Waals surface area contributed by atoms with E-state index < -0.39 is 6.10 Å². The van der Waals surface area contributed by atoms with E-state index in [1.807, 2.05) is 0 Å². The van der Waals surface area contributed by atoms with Crippen molar-refractivity contribution in [1.82, 2.24) is 10.2 Å². The Kier molecular flexibility index (Phi) is 3.26. The molecule has 1 atom stereocenters. The first-order valence-corrected chi connectivity index (χ1v) is 5.46. The average Bonchev–Trinajstić information content (AvgIpc) is 2.32. The molecule has 0 fully saturated rings. The van der Waals surface area contributed by atoms with Crippen molar-refractivity contribution in [3.05, 3.63) is 62.5 Å². The fraction of sp³-hybridized carbons (Fsp3) is 0.167. The molecule has 0 aliphatic rings. The van der Waals surface area contributed by atoms with Crippen LogP contribution in [-0.4, -0.2) is 15.3 Å². The van der Waals surface area contributed by atoms with Gasteiger partial charge >= 0.3 is 0 Å². The van der Waals surface area contributed by atoms with Gasteiger partial charge in [0.2, 0.25) is 0 Å². The number of hydrogen-bond donors (Lipinski definition) is 2. The molecule has 1 aromatic carbocycles. The zero-order chi connectivity index (χ0) is 12.4. The van der Waals surface area contributed by atoms with E-state index >= 15 is 0 Å². The van der Waals surface area contributed by atoms with Gasteiger partial charge in [0.15, 0.2) is 0 Å². The highest BCUT2D eigenvalue weighted by atomic mass is 35.5. The van der Waals surface area contributed by atoms with Gasteiger partial charge in [-0.15, -0.1) is 0 Å². The van der Waals surface area contributed by atoms with E-state index in [1.54, 1.807) is 31.2 Å². The predicted octanol–water partition coefficient (Wildman–Crippen LogP) is 1.81. The molecule has 2 rings (SSSR count). The normalized spacial score (nSPS) is 12.4. The van der Waals surface area contributed by atoms with Gasteiger partial charge in [-0.1, -0.05) is 29.8 Å². The minimum absolute atomic E-state index is 0.350. The summed E-state index contributed by atoms with van der Waals surface area (Å²) in [6.45, 7) is 1.71. The van der Waals surface area contributed by atoms with E-state index in [4.69, 9.17) is 11.6 Å². The highest BCUT2D eigenvalue weighted by Gasteiger charge is 2.16. The summed E-state index contributed by atoms with van der Waals surface area (Å²) in [5, 5.41) is 16.8. The Morgan fingerprint density at radius 2 is 2.06 bits per heavy atom. The zero-order valence-electron chi connectivity index (χ0n) is 9.14. The number of nitrogens with one attached hydrogen (secondary N) is 1. The monoisotopic (exact) mass is 250 g/mol. The van der Waals surface area contributed by atoms with Gasteiger partial charge in [-0.25, -0.2) is 5.10 Å². The minimum Gasteiger partial charge on any atom is -0.384 e. The van der Waals surface area contributed by atoms with E-state index in [1.165, 1.54) is 6.07 Å². The molecule has 4 nitrogen and oxygen atoms in total. The topological polar surface area (TPSA) is 66.0 Å². The lowest BCUT2D eigenvalue weighted by Crippen LogP contribution is -2.13. The van der Waals surface area contributed by atoms with Crippen LogP contribution < -0.4 is 5.56 Å². The summed E-state index contributed by atoms with van der Waals surface area (Å²) in [5.41, 5.74) is 1.24. The van der Waals surface area contributed by atoms with Gasteiger partial charge < -0.3 is 5.11 Å². The summed E-state index contributed by atoms with van der Waals surface area (Å²) in [7, 11) is 0. The van der Waals surface area contributed by atoms with Crippen molar-refractivity contribution in [3.8, 4) is 0 Å². The number of hydrogen-bond acceptors (Lipinski definition) is 3. The lowest BCUT2D eigenvalue weighted by Gasteiger charge is -2.13. The smallest absolute Gasteiger partial charge is 0.264 e.